The molecule has 8 nitrogen and oxygen atoms in total. The zero-order valence-electron chi connectivity index (χ0n) is 20.0. The lowest BCUT2D eigenvalue weighted by atomic mass is 9.70. The Kier molecular flexibility index (Phi) is 7.43. The minimum Gasteiger partial charge on any atom is -0.421 e. The standard InChI is InChI=1S/C26H29N5O3S/c1-17(2)24-13-21(14-25-30-31-26(34-25)20-8-10-28-11-9-20)18(3)12-22(24)16-29-35(32,33)23-6-4-19(15-27)5-7-23/h4-12,17,21-22,24,29H,13-14,16H2,1-3H3/t21-,22-,24-/m0/s1. The first-order chi connectivity index (χ1) is 16.8. The molecular formula is C26H29N5O3S. The second-order valence-electron chi connectivity index (χ2n) is 9.34. The van der Waals surface area contributed by atoms with Crippen LogP contribution in [0, 0.1) is 35.0 Å². The lowest BCUT2D eigenvalue weighted by Crippen LogP contribution is -2.37. The number of hydrogen-bond acceptors (Lipinski definition) is 7. The summed E-state index contributed by atoms with van der Waals surface area (Å²) in [6, 6.07) is 11.6. The van der Waals surface area contributed by atoms with Crippen LogP contribution in [0.25, 0.3) is 11.5 Å². The number of allylic oxidation sites excluding steroid dienone is 1. The SMILES string of the molecule is CC1=C[C@@H](CNS(=O)(=O)c2ccc(C#N)cc2)[C@H](C(C)C)C[C@H]1Cc1nnc(-c2ccncc2)o1. The molecule has 0 saturated heterocycles. The molecule has 3 aromatic rings. The third-order valence-corrected chi connectivity index (χ3v) is 8.14. The number of nitrogens with one attached hydrogen (secondary N) is 1. The largest absolute Gasteiger partial charge is 0.421 e. The van der Waals surface area contributed by atoms with E-state index < -0.39 is 10.0 Å². The monoisotopic (exact) mass is 491 g/mol. The van der Waals surface area contributed by atoms with Crippen LogP contribution in [-0.4, -0.2) is 30.1 Å². The van der Waals surface area contributed by atoms with Crippen LogP contribution in [0.3, 0.4) is 0 Å². The Labute approximate surface area is 206 Å². The Morgan fingerprint density at radius 2 is 1.86 bits per heavy atom. The van der Waals surface area contributed by atoms with E-state index in [-0.39, 0.29) is 16.7 Å². The third kappa shape index (κ3) is 5.84. The average molecular weight is 492 g/mol. The number of pyridine rings is 1. The maximum Gasteiger partial charge on any atom is 0.247 e. The van der Waals surface area contributed by atoms with Gasteiger partial charge in [0.05, 0.1) is 16.5 Å². The number of sulfonamides is 1. The summed E-state index contributed by atoms with van der Waals surface area (Å²) in [5, 5.41) is 17.4. The summed E-state index contributed by atoms with van der Waals surface area (Å²) in [4.78, 5) is 4.18. The van der Waals surface area contributed by atoms with Crippen molar-refractivity contribution in [2.75, 3.05) is 6.54 Å². The number of rotatable bonds is 8. The summed E-state index contributed by atoms with van der Waals surface area (Å²) < 4.78 is 34.3. The molecule has 0 saturated carbocycles. The Morgan fingerprint density at radius 3 is 2.51 bits per heavy atom. The van der Waals surface area contributed by atoms with Gasteiger partial charge in [-0.2, -0.15) is 5.26 Å². The molecule has 1 aliphatic carbocycles. The molecular weight excluding hydrogens is 462 g/mol. The minimum atomic E-state index is -3.66. The van der Waals surface area contributed by atoms with Gasteiger partial charge in [-0.1, -0.05) is 25.5 Å². The van der Waals surface area contributed by atoms with Gasteiger partial charge in [-0.3, -0.25) is 4.98 Å². The average Bonchev–Trinajstić information content (AvgIpc) is 3.33. The van der Waals surface area contributed by atoms with Crippen LogP contribution in [0.2, 0.25) is 0 Å². The fourth-order valence-electron chi connectivity index (χ4n) is 4.66. The molecule has 3 atom stereocenters. The second-order valence-corrected chi connectivity index (χ2v) is 11.1. The van der Waals surface area contributed by atoms with E-state index in [0.717, 1.165) is 12.0 Å². The topological polar surface area (TPSA) is 122 Å². The highest BCUT2D eigenvalue weighted by Crippen LogP contribution is 2.39. The van der Waals surface area contributed by atoms with Crippen molar-refractivity contribution in [3.63, 3.8) is 0 Å². The van der Waals surface area contributed by atoms with E-state index in [1.165, 1.54) is 29.8 Å². The van der Waals surface area contributed by atoms with Gasteiger partial charge in [-0.05, 0) is 73.4 Å². The molecule has 0 amide bonds. The van der Waals surface area contributed by atoms with Crippen LogP contribution >= 0.6 is 0 Å². The molecule has 0 radical (unpaired) electrons. The van der Waals surface area contributed by atoms with Gasteiger partial charge in [-0.15, -0.1) is 10.2 Å². The first-order valence-electron chi connectivity index (χ1n) is 11.7. The van der Waals surface area contributed by atoms with Crippen molar-refractivity contribution in [3.05, 3.63) is 71.9 Å². The van der Waals surface area contributed by atoms with E-state index in [2.05, 4.69) is 46.8 Å². The first kappa shape index (κ1) is 24.8. The van der Waals surface area contributed by atoms with Crippen LogP contribution in [0.1, 0.15) is 38.6 Å². The van der Waals surface area contributed by atoms with Crippen LogP contribution < -0.4 is 4.72 Å². The number of benzene rings is 1. The van der Waals surface area contributed by atoms with Crippen molar-refractivity contribution in [1.29, 1.82) is 5.26 Å². The Balaban J connectivity index is 1.46. The molecule has 182 valence electrons. The molecule has 2 aromatic heterocycles. The summed E-state index contributed by atoms with van der Waals surface area (Å²) in [7, 11) is -3.66. The van der Waals surface area contributed by atoms with Crippen LogP contribution in [-0.2, 0) is 16.4 Å². The fourth-order valence-corrected chi connectivity index (χ4v) is 5.74. The highest BCUT2D eigenvalue weighted by molar-refractivity contribution is 7.89. The first-order valence-corrected chi connectivity index (χ1v) is 13.2. The normalized spacial score (nSPS) is 20.4. The van der Waals surface area contributed by atoms with Crippen LogP contribution in [0.5, 0.6) is 0 Å². The molecule has 0 aliphatic heterocycles. The van der Waals surface area contributed by atoms with E-state index in [9.17, 15) is 8.42 Å². The van der Waals surface area contributed by atoms with Gasteiger partial charge in [0.15, 0.2) is 0 Å². The van der Waals surface area contributed by atoms with Gasteiger partial charge in [0.2, 0.25) is 21.8 Å². The Morgan fingerprint density at radius 1 is 1.14 bits per heavy atom. The number of hydrogen-bond donors (Lipinski definition) is 1. The molecule has 0 bridgehead atoms. The number of nitrogens with zero attached hydrogens (tertiary/aromatic N) is 4. The summed E-state index contributed by atoms with van der Waals surface area (Å²) >= 11 is 0. The van der Waals surface area contributed by atoms with Crippen molar-refractivity contribution in [2.24, 2.45) is 23.7 Å². The van der Waals surface area contributed by atoms with E-state index in [0.29, 0.717) is 42.1 Å². The molecule has 9 heteroatoms. The van der Waals surface area contributed by atoms with Crippen molar-refractivity contribution in [2.45, 2.75) is 38.5 Å². The summed E-state index contributed by atoms with van der Waals surface area (Å²) in [6.45, 7) is 6.75. The molecule has 1 aromatic carbocycles. The maximum absolute atomic E-state index is 12.8. The molecule has 1 aliphatic rings. The predicted octanol–water partition coefficient (Wildman–Crippen LogP) is 4.38. The Bertz CT molecular complexity index is 1330. The smallest absolute Gasteiger partial charge is 0.247 e. The van der Waals surface area contributed by atoms with E-state index in [1.807, 2.05) is 18.2 Å². The lowest BCUT2D eigenvalue weighted by molar-refractivity contribution is 0.223. The van der Waals surface area contributed by atoms with Gasteiger partial charge in [-0.25, -0.2) is 13.1 Å². The molecule has 1 N–H and O–H groups in total. The van der Waals surface area contributed by atoms with Crippen LogP contribution in [0.4, 0.5) is 0 Å². The molecule has 35 heavy (non-hydrogen) atoms. The highest BCUT2D eigenvalue weighted by atomic mass is 32.2. The third-order valence-electron chi connectivity index (χ3n) is 6.70. The molecule has 0 spiro atoms. The quantitative estimate of drug-likeness (QED) is 0.464. The molecule has 2 heterocycles. The van der Waals surface area contributed by atoms with Gasteiger partial charge < -0.3 is 4.42 Å². The fraction of sp³-hybridized carbons (Fsp3) is 0.385. The maximum atomic E-state index is 12.8. The summed E-state index contributed by atoms with van der Waals surface area (Å²) in [5.41, 5.74) is 2.47. The van der Waals surface area contributed by atoms with E-state index in [1.54, 1.807) is 12.4 Å². The number of aromatic nitrogens is 3. The Hall–Kier alpha value is -3.35. The predicted molar refractivity (Wildman–Crippen MR) is 131 cm³/mol. The van der Waals surface area contributed by atoms with Gasteiger partial charge >= 0.3 is 0 Å². The molecule has 0 unspecified atom stereocenters. The zero-order valence-corrected chi connectivity index (χ0v) is 20.9. The van der Waals surface area contributed by atoms with Crippen molar-refractivity contribution < 1.29 is 12.8 Å². The number of nitriles is 1. The van der Waals surface area contributed by atoms with Crippen LogP contribution in [0.15, 0.2) is 69.8 Å². The van der Waals surface area contributed by atoms with Gasteiger partial charge in [0.25, 0.3) is 0 Å². The summed E-state index contributed by atoms with van der Waals surface area (Å²) in [6.07, 6.45) is 7.14. The summed E-state index contributed by atoms with van der Waals surface area (Å²) in [5.74, 6) is 2.08. The molecule has 0 fully saturated rings. The molecule has 4 rings (SSSR count). The van der Waals surface area contributed by atoms with E-state index >= 15 is 0 Å². The van der Waals surface area contributed by atoms with Gasteiger partial charge in [0.1, 0.15) is 0 Å². The van der Waals surface area contributed by atoms with Crippen molar-refractivity contribution in [1.82, 2.24) is 19.9 Å². The van der Waals surface area contributed by atoms with Crippen molar-refractivity contribution in [3.8, 4) is 17.5 Å². The highest BCUT2D eigenvalue weighted by Gasteiger charge is 2.33. The van der Waals surface area contributed by atoms with Crippen molar-refractivity contribution >= 4 is 10.0 Å². The van der Waals surface area contributed by atoms with E-state index in [4.69, 9.17) is 9.68 Å². The van der Waals surface area contributed by atoms with Gasteiger partial charge in [0, 0.05) is 30.9 Å². The lowest BCUT2D eigenvalue weighted by Gasteiger charge is -2.37. The minimum absolute atomic E-state index is 0.0782. The second kappa shape index (κ2) is 10.5. The zero-order chi connectivity index (χ0) is 25.0.